The van der Waals surface area contributed by atoms with E-state index >= 15 is 0 Å². The van der Waals surface area contributed by atoms with Gasteiger partial charge in [0.25, 0.3) is 5.91 Å². The van der Waals surface area contributed by atoms with Crippen LogP contribution in [0.3, 0.4) is 0 Å². The number of aromatic nitrogens is 4. The molecule has 31 heavy (non-hydrogen) atoms. The highest BCUT2D eigenvalue weighted by Crippen LogP contribution is 2.23. The number of hydrogen-bond acceptors (Lipinski definition) is 4. The average Bonchev–Trinajstić information content (AvgIpc) is 3.38. The molecular weight excluding hydrogens is 406 g/mol. The molecule has 0 aliphatic heterocycles. The fourth-order valence-electron chi connectivity index (χ4n) is 3.26. The van der Waals surface area contributed by atoms with Crippen LogP contribution in [0.2, 0.25) is 0 Å². The molecule has 2 aromatic heterocycles. The van der Waals surface area contributed by atoms with E-state index in [1.807, 2.05) is 78.1 Å². The van der Waals surface area contributed by atoms with Crippen molar-refractivity contribution in [3.8, 4) is 11.3 Å². The van der Waals surface area contributed by atoms with Crippen molar-refractivity contribution in [3.63, 3.8) is 0 Å². The van der Waals surface area contributed by atoms with E-state index in [0.29, 0.717) is 24.3 Å². The van der Waals surface area contributed by atoms with Crippen LogP contribution >= 0.6 is 11.8 Å². The van der Waals surface area contributed by atoms with E-state index < -0.39 is 0 Å². The summed E-state index contributed by atoms with van der Waals surface area (Å²) in [7, 11) is 1.96. The second-order valence-electron chi connectivity index (χ2n) is 7.37. The van der Waals surface area contributed by atoms with Gasteiger partial charge in [0.15, 0.2) is 5.16 Å². The Morgan fingerprint density at radius 3 is 2.58 bits per heavy atom. The number of hydrogen-bond donors (Lipinski definition) is 1. The first-order valence-electron chi connectivity index (χ1n) is 10.2. The fraction of sp³-hybridized carbons (Fsp3) is 0.208. The molecule has 0 radical (unpaired) electrons. The number of carbonyl (C=O) groups is 1. The number of nitrogens with one attached hydrogen (secondary N) is 1. The van der Waals surface area contributed by atoms with Crippen LogP contribution in [0.25, 0.3) is 11.3 Å². The summed E-state index contributed by atoms with van der Waals surface area (Å²) in [6.45, 7) is 3.21. The first-order valence-corrected chi connectivity index (χ1v) is 11.2. The molecule has 4 aromatic rings. The Balaban J connectivity index is 1.50. The summed E-state index contributed by atoms with van der Waals surface area (Å²) < 4.78 is 3.80. The number of benzene rings is 2. The van der Waals surface area contributed by atoms with Gasteiger partial charge in [-0.1, -0.05) is 71.9 Å². The Bertz CT molecular complexity index is 1150. The van der Waals surface area contributed by atoms with Crippen molar-refractivity contribution >= 4 is 17.7 Å². The Morgan fingerprint density at radius 1 is 1.10 bits per heavy atom. The van der Waals surface area contributed by atoms with Gasteiger partial charge in [-0.2, -0.15) is 5.10 Å². The molecule has 0 atom stereocenters. The van der Waals surface area contributed by atoms with Crippen molar-refractivity contribution < 1.29 is 4.79 Å². The Morgan fingerprint density at radius 2 is 1.87 bits per heavy atom. The maximum Gasteiger partial charge on any atom is 0.255 e. The van der Waals surface area contributed by atoms with Gasteiger partial charge >= 0.3 is 0 Å². The van der Waals surface area contributed by atoms with Gasteiger partial charge in [0.1, 0.15) is 5.69 Å². The number of carbonyl (C=O) groups excluding carboxylic acids is 1. The first kappa shape index (κ1) is 20.9. The Hall–Kier alpha value is -3.32. The zero-order valence-electron chi connectivity index (χ0n) is 17.7. The number of aryl methyl sites for hydroxylation is 2. The molecule has 1 N–H and O–H groups in total. The second-order valence-corrected chi connectivity index (χ2v) is 8.43. The summed E-state index contributed by atoms with van der Waals surface area (Å²) in [5, 5.41) is 8.71. The fourth-order valence-corrected chi connectivity index (χ4v) is 4.04. The van der Waals surface area contributed by atoms with E-state index in [9.17, 15) is 4.79 Å². The molecule has 0 saturated carbocycles. The van der Waals surface area contributed by atoms with Crippen LogP contribution in [-0.2, 0) is 13.6 Å². The van der Waals surface area contributed by atoms with E-state index in [1.54, 1.807) is 18.0 Å². The van der Waals surface area contributed by atoms with Crippen LogP contribution in [0, 0.1) is 6.92 Å². The third-order valence-corrected chi connectivity index (χ3v) is 5.97. The van der Waals surface area contributed by atoms with Crippen LogP contribution < -0.4 is 5.32 Å². The molecule has 0 aliphatic rings. The van der Waals surface area contributed by atoms with Gasteiger partial charge in [-0.3, -0.25) is 9.48 Å². The minimum atomic E-state index is -0.115. The van der Waals surface area contributed by atoms with Crippen molar-refractivity contribution in [3.05, 3.63) is 89.9 Å². The third kappa shape index (κ3) is 5.24. The van der Waals surface area contributed by atoms with E-state index in [0.717, 1.165) is 22.0 Å². The number of thioether (sulfide) groups is 1. The molecule has 4 rings (SSSR count). The molecule has 158 valence electrons. The number of nitrogens with zero attached hydrogens (tertiary/aromatic N) is 4. The highest BCUT2D eigenvalue weighted by molar-refractivity contribution is 7.99. The maximum atomic E-state index is 13.0. The summed E-state index contributed by atoms with van der Waals surface area (Å²) >= 11 is 1.62. The minimum absolute atomic E-state index is 0.115. The molecule has 1 amide bonds. The Kier molecular flexibility index (Phi) is 6.52. The zero-order chi connectivity index (χ0) is 21.6. The van der Waals surface area contributed by atoms with Gasteiger partial charge in [0.05, 0.1) is 12.1 Å². The van der Waals surface area contributed by atoms with Gasteiger partial charge in [0, 0.05) is 43.5 Å². The highest BCUT2D eigenvalue weighted by atomic mass is 32.2. The molecule has 0 aliphatic carbocycles. The SMILES string of the molecule is Cc1ccc(-c2nn(Cc3ccccc3)cc2C(=O)NCCSc2nccn2C)cc1. The molecular formula is C24H25N5OS. The van der Waals surface area contributed by atoms with Crippen LogP contribution in [0.15, 0.2) is 78.3 Å². The standard InChI is InChI=1S/C24H25N5OS/c1-18-8-10-20(11-9-18)22-21(17-29(27-22)16-19-6-4-3-5-7-19)23(30)25-13-15-31-24-26-12-14-28(24)2/h3-12,14,17H,13,15-16H2,1-2H3,(H,25,30). The largest absolute Gasteiger partial charge is 0.351 e. The number of rotatable bonds is 8. The van der Waals surface area contributed by atoms with E-state index in [2.05, 4.69) is 22.4 Å². The van der Waals surface area contributed by atoms with E-state index in [-0.39, 0.29) is 5.91 Å². The van der Waals surface area contributed by atoms with Crippen LogP contribution in [0.1, 0.15) is 21.5 Å². The van der Waals surface area contributed by atoms with Gasteiger partial charge in [-0.05, 0) is 12.5 Å². The number of imidazole rings is 1. The molecule has 0 fully saturated rings. The topological polar surface area (TPSA) is 64.7 Å². The second kappa shape index (κ2) is 9.66. The molecule has 6 nitrogen and oxygen atoms in total. The van der Waals surface area contributed by atoms with Crippen molar-refractivity contribution in [1.29, 1.82) is 0 Å². The average molecular weight is 432 g/mol. The van der Waals surface area contributed by atoms with Crippen LogP contribution in [0.4, 0.5) is 0 Å². The lowest BCUT2D eigenvalue weighted by Gasteiger charge is -2.06. The minimum Gasteiger partial charge on any atom is -0.351 e. The quantitative estimate of drug-likeness (QED) is 0.336. The molecule has 7 heteroatoms. The predicted octanol–water partition coefficient (Wildman–Crippen LogP) is 4.16. The third-order valence-electron chi connectivity index (χ3n) is 4.91. The van der Waals surface area contributed by atoms with Crippen molar-refractivity contribution in [2.24, 2.45) is 7.05 Å². The van der Waals surface area contributed by atoms with E-state index in [4.69, 9.17) is 5.10 Å². The summed E-state index contributed by atoms with van der Waals surface area (Å²) in [4.78, 5) is 17.3. The van der Waals surface area contributed by atoms with E-state index in [1.165, 1.54) is 5.56 Å². The van der Waals surface area contributed by atoms with Gasteiger partial charge in [-0.15, -0.1) is 0 Å². The molecule has 2 aromatic carbocycles. The summed E-state index contributed by atoms with van der Waals surface area (Å²) in [6, 6.07) is 18.2. The van der Waals surface area contributed by atoms with Crippen molar-refractivity contribution in [2.45, 2.75) is 18.6 Å². The van der Waals surface area contributed by atoms with Gasteiger partial charge < -0.3 is 9.88 Å². The monoisotopic (exact) mass is 431 g/mol. The molecule has 2 heterocycles. The van der Waals surface area contributed by atoms with Crippen LogP contribution in [0.5, 0.6) is 0 Å². The molecule has 0 spiro atoms. The molecule has 0 bridgehead atoms. The van der Waals surface area contributed by atoms with Gasteiger partial charge in [-0.25, -0.2) is 4.98 Å². The molecule has 0 unspecified atom stereocenters. The predicted molar refractivity (Wildman–Crippen MR) is 124 cm³/mol. The lowest BCUT2D eigenvalue weighted by molar-refractivity contribution is 0.0956. The summed E-state index contributed by atoms with van der Waals surface area (Å²) in [5.41, 5.74) is 4.53. The zero-order valence-corrected chi connectivity index (χ0v) is 18.5. The lowest BCUT2D eigenvalue weighted by atomic mass is 10.1. The molecule has 0 saturated heterocycles. The van der Waals surface area contributed by atoms with Crippen molar-refractivity contribution in [1.82, 2.24) is 24.6 Å². The highest BCUT2D eigenvalue weighted by Gasteiger charge is 2.18. The maximum absolute atomic E-state index is 13.0. The first-order chi connectivity index (χ1) is 15.1. The summed E-state index contributed by atoms with van der Waals surface area (Å²) in [5.74, 6) is 0.629. The van der Waals surface area contributed by atoms with Crippen LogP contribution in [-0.4, -0.2) is 37.5 Å². The lowest BCUT2D eigenvalue weighted by Crippen LogP contribution is -2.26. The van der Waals surface area contributed by atoms with Crippen molar-refractivity contribution in [2.75, 3.05) is 12.3 Å². The number of amides is 1. The Labute approximate surface area is 186 Å². The summed E-state index contributed by atoms with van der Waals surface area (Å²) in [6.07, 6.45) is 5.52. The smallest absolute Gasteiger partial charge is 0.255 e. The van der Waals surface area contributed by atoms with Gasteiger partial charge in [0.2, 0.25) is 0 Å². The normalized spacial score (nSPS) is 10.9.